The van der Waals surface area contributed by atoms with Crippen molar-refractivity contribution in [1.29, 1.82) is 0 Å². The number of carbonyl (C=O) groups excluding carboxylic acids is 1. The molecule has 0 fully saturated rings. The monoisotopic (exact) mass is 273 g/mol. The number of fused-ring (bicyclic) bond motifs is 1. The van der Waals surface area contributed by atoms with Crippen LogP contribution in [0.5, 0.6) is 0 Å². The maximum Gasteiger partial charge on any atom is 0.261 e. The summed E-state index contributed by atoms with van der Waals surface area (Å²) in [7, 11) is 0. The number of rotatable bonds is 5. The molecule has 0 bridgehead atoms. The summed E-state index contributed by atoms with van der Waals surface area (Å²) in [6, 6.07) is 7.21. The summed E-state index contributed by atoms with van der Waals surface area (Å²) in [5, 5.41) is 3.42. The SMILES string of the molecule is CC(C)CNC(=O)CCn1cnc2ccccc2c1=O. The van der Waals surface area contributed by atoms with Gasteiger partial charge < -0.3 is 5.32 Å². The summed E-state index contributed by atoms with van der Waals surface area (Å²) in [5.41, 5.74) is 0.574. The molecular formula is C15H19N3O2. The highest BCUT2D eigenvalue weighted by Crippen LogP contribution is 2.04. The Morgan fingerprint density at radius 3 is 2.85 bits per heavy atom. The van der Waals surface area contributed by atoms with Crippen molar-refractivity contribution in [2.75, 3.05) is 6.54 Å². The lowest BCUT2D eigenvalue weighted by Gasteiger charge is -2.09. The number of para-hydroxylation sites is 1. The molecule has 0 unspecified atom stereocenters. The molecule has 5 heteroatoms. The number of amides is 1. The summed E-state index contributed by atoms with van der Waals surface area (Å²) < 4.78 is 1.48. The summed E-state index contributed by atoms with van der Waals surface area (Å²) in [4.78, 5) is 28.1. The van der Waals surface area contributed by atoms with E-state index < -0.39 is 0 Å². The van der Waals surface area contributed by atoms with Crippen molar-refractivity contribution < 1.29 is 4.79 Å². The van der Waals surface area contributed by atoms with E-state index in [0.29, 0.717) is 29.9 Å². The largest absolute Gasteiger partial charge is 0.356 e. The van der Waals surface area contributed by atoms with Gasteiger partial charge in [0.05, 0.1) is 17.2 Å². The van der Waals surface area contributed by atoms with Crippen LogP contribution in [-0.4, -0.2) is 22.0 Å². The number of aryl methyl sites for hydroxylation is 1. The lowest BCUT2D eigenvalue weighted by Crippen LogP contribution is -2.30. The van der Waals surface area contributed by atoms with Gasteiger partial charge in [0.25, 0.3) is 5.56 Å². The van der Waals surface area contributed by atoms with Gasteiger partial charge >= 0.3 is 0 Å². The molecule has 106 valence electrons. The van der Waals surface area contributed by atoms with Crippen LogP contribution in [0.25, 0.3) is 10.9 Å². The molecule has 1 aromatic carbocycles. The molecule has 2 aromatic rings. The highest BCUT2D eigenvalue weighted by Gasteiger charge is 2.06. The van der Waals surface area contributed by atoms with Crippen molar-refractivity contribution in [2.45, 2.75) is 26.8 Å². The predicted molar refractivity (Wildman–Crippen MR) is 78.5 cm³/mol. The standard InChI is InChI=1S/C15H19N3O2/c1-11(2)9-16-14(19)7-8-18-10-17-13-6-4-3-5-12(13)15(18)20/h3-6,10-11H,7-9H2,1-2H3,(H,16,19). The Morgan fingerprint density at radius 1 is 1.35 bits per heavy atom. The van der Waals surface area contributed by atoms with Gasteiger partial charge in [0, 0.05) is 19.5 Å². The Hall–Kier alpha value is -2.17. The van der Waals surface area contributed by atoms with E-state index in [4.69, 9.17) is 0 Å². The van der Waals surface area contributed by atoms with Gasteiger partial charge in [-0.2, -0.15) is 0 Å². The molecule has 1 N–H and O–H groups in total. The number of benzene rings is 1. The normalized spacial score (nSPS) is 10.9. The maximum atomic E-state index is 12.2. The van der Waals surface area contributed by atoms with Crippen LogP contribution in [0, 0.1) is 5.92 Å². The van der Waals surface area contributed by atoms with Crippen LogP contribution in [0.2, 0.25) is 0 Å². The van der Waals surface area contributed by atoms with Gasteiger partial charge in [-0.3, -0.25) is 14.2 Å². The highest BCUT2D eigenvalue weighted by molar-refractivity contribution is 5.77. The smallest absolute Gasteiger partial charge is 0.261 e. The van der Waals surface area contributed by atoms with Crippen LogP contribution < -0.4 is 10.9 Å². The van der Waals surface area contributed by atoms with Crippen LogP contribution in [0.15, 0.2) is 35.4 Å². The zero-order valence-electron chi connectivity index (χ0n) is 11.8. The predicted octanol–water partition coefficient (Wildman–Crippen LogP) is 1.56. The van der Waals surface area contributed by atoms with Gasteiger partial charge in [-0.25, -0.2) is 4.98 Å². The molecule has 0 saturated heterocycles. The van der Waals surface area contributed by atoms with Crippen molar-refractivity contribution in [3.05, 3.63) is 40.9 Å². The maximum absolute atomic E-state index is 12.2. The number of carbonyl (C=O) groups is 1. The van der Waals surface area contributed by atoms with E-state index >= 15 is 0 Å². The Kier molecular flexibility index (Phi) is 4.50. The fourth-order valence-corrected chi connectivity index (χ4v) is 1.89. The molecule has 0 spiro atoms. The number of hydrogen-bond acceptors (Lipinski definition) is 3. The zero-order chi connectivity index (χ0) is 14.5. The molecule has 1 aromatic heterocycles. The van der Waals surface area contributed by atoms with Crippen LogP contribution in [0.4, 0.5) is 0 Å². The first-order valence-electron chi connectivity index (χ1n) is 6.79. The fourth-order valence-electron chi connectivity index (χ4n) is 1.89. The average molecular weight is 273 g/mol. The highest BCUT2D eigenvalue weighted by atomic mass is 16.1. The third-order valence-corrected chi connectivity index (χ3v) is 3.02. The van der Waals surface area contributed by atoms with Gasteiger partial charge in [0.15, 0.2) is 0 Å². The number of nitrogens with one attached hydrogen (secondary N) is 1. The van der Waals surface area contributed by atoms with E-state index in [1.807, 2.05) is 26.0 Å². The van der Waals surface area contributed by atoms with Crippen molar-refractivity contribution in [3.8, 4) is 0 Å². The van der Waals surface area contributed by atoms with Crippen LogP contribution in [0.1, 0.15) is 20.3 Å². The van der Waals surface area contributed by atoms with Crippen molar-refractivity contribution in [2.24, 2.45) is 5.92 Å². The Bertz CT molecular complexity index is 661. The summed E-state index contributed by atoms with van der Waals surface area (Å²) in [6.07, 6.45) is 1.78. The van der Waals surface area contributed by atoms with E-state index in [1.54, 1.807) is 12.1 Å². The number of nitrogens with zero attached hydrogens (tertiary/aromatic N) is 2. The quantitative estimate of drug-likeness (QED) is 0.899. The van der Waals surface area contributed by atoms with E-state index in [1.165, 1.54) is 10.9 Å². The molecule has 0 aliphatic heterocycles. The molecule has 0 aliphatic carbocycles. The van der Waals surface area contributed by atoms with Crippen LogP contribution in [-0.2, 0) is 11.3 Å². The molecule has 0 saturated carbocycles. The average Bonchev–Trinajstić information content (AvgIpc) is 2.44. The van der Waals surface area contributed by atoms with Crippen LogP contribution in [0.3, 0.4) is 0 Å². The van der Waals surface area contributed by atoms with E-state index in [0.717, 1.165) is 0 Å². The lowest BCUT2D eigenvalue weighted by molar-refractivity contribution is -0.121. The molecule has 1 heterocycles. The molecular weight excluding hydrogens is 254 g/mol. The number of hydrogen-bond donors (Lipinski definition) is 1. The van der Waals surface area contributed by atoms with Crippen molar-refractivity contribution in [1.82, 2.24) is 14.9 Å². The topological polar surface area (TPSA) is 64.0 Å². The third-order valence-electron chi connectivity index (χ3n) is 3.02. The van der Waals surface area contributed by atoms with Gasteiger partial charge in [0.1, 0.15) is 0 Å². The summed E-state index contributed by atoms with van der Waals surface area (Å²) in [6.45, 7) is 5.08. The first-order valence-corrected chi connectivity index (χ1v) is 6.79. The molecule has 1 amide bonds. The van der Waals surface area contributed by atoms with Crippen molar-refractivity contribution >= 4 is 16.8 Å². The number of aromatic nitrogens is 2. The van der Waals surface area contributed by atoms with Gasteiger partial charge in [0.2, 0.25) is 5.91 Å². The molecule has 20 heavy (non-hydrogen) atoms. The Balaban J connectivity index is 2.05. The van der Waals surface area contributed by atoms with Gasteiger partial charge in [-0.05, 0) is 18.1 Å². The first kappa shape index (κ1) is 14.2. The lowest BCUT2D eigenvalue weighted by atomic mass is 10.2. The second kappa shape index (κ2) is 6.32. The Morgan fingerprint density at radius 2 is 2.10 bits per heavy atom. The first-order chi connectivity index (χ1) is 9.58. The van der Waals surface area contributed by atoms with Crippen LogP contribution >= 0.6 is 0 Å². The molecule has 5 nitrogen and oxygen atoms in total. The molecule has 0 atom stereocenters. The van der Waals surface area contributed by atoms with E-state index in [9.17, 15) is 9.59 Å². The third kappa shape index (κ3) is 3.44. The molecule has 0 radical (unpaired) electrons. The fraction of sp³-hybridized carbons (Fsp3) is 0.400. The minimum Gasteiger partial charge on any atom is -0.356 e. The second-order valence-electron chi connectivity index (χ2n) is 5.21. The Labute approximate surface area is 117 Å². The second-order valence-corrected chi connectivity index (χ2v) is 5.21. The summed E-state index contributed by atoms with van der Waals surface area (Å²) in [5.74, 6) is 0.378. The minimum absolute atomic E-state index is 0.0428. The minimum atomic E-state index is -0.104. The van der Waals surface area contributed by atoms with E-state index in [2.05, 4.69) is 10.3 Å². The van der Waals surface area contributed by atoms with Gasteiger partial charge in [-0.15, -0.1) is 0 Å². The van der Waals surface area contributed by atoms with Gasteiger partial charge in [-0.1, -0.05) is 26.0 Å². The zero-order valence-corrected chi connectivity index (χ0v) is 11.8. The van der Waals surface area contributed by atoms with E-state index in [-0.39, 0.29) is 17.9 Å². The summed E-state index contributed by atoms with van der Waals surface area (Å²) >= 11 is 0. The van der Waals surface area contributed by atoms with Crippen molar-refractivity contribution in [3.63, 3.8) is 0 Å². The molecule has 2 rings (SSSR count). The molecule has 0 aliphatic rings.